The van der Waals surface area contributed by atoms with Crippen molar-refractivity contribution >= 4 is 5.97 Å². The van der Waals surface area contributed by atoms with E-state index in [1.807, 2.05) is 0 Å². The summed E-state index contributed by atoms with van der Waals surface area (Å²) in [6.07, 6.45) is -0.538. The van der Waals surface area contributed by atoms with Gasteiger partial charge in [-0.05, 0) is 34.7 Å². The maximum atomic E-state index is 10.9. The van der Waals surface area contributed by atoms with Crippen molar-refractivity contribution < 1.29 is 15.0 Å². The van der Waals surface area contributed by atoms with Gasteiger partial charge < -0.3 is 10.2 Å². The molecule has 0 spiro atoms. The van der Waals surface area contributed by atoms with Gasteiger partial charge in [-0.2, -0.15) is 0 Å². The number of rotatable bonds is 4. The summed E-state index contributed by atoms with van der Waals surface area (Å²) in [4.78, 5) is 12.5. The van der Waals surface area contributed by atoms with E-state index < -0.39 is 17.6 Å². The van der Waals surface area contributed by atoms with Crippen molar-refractivity contribution in [2.45, 2.75) is 45.4 Å². The average molecular weight is 189 g/mol. The number of hydrogen-bond acceptors (Lipinski definition) is 3. The van der Waals surface area contributed by atoms with Crippen LogP contribution in [0.4, 0.5) is 0 Å². The first-order chi connectivity index (χ1) is 5.71. The standard InChI is InChI=1S/C9H19NO3/c1-6(7(2)11)10(5)9(3,4)8(12)13/h6-7,11H,1-5H3,(H,12,13). The second-order valence-electron chi connectivity index (χ2n) is 3.96. The van der Waals surface area contributed by atoms with Gasteiger partial charge in [-0.1, -0.05) is 0 Å². The summed E-state index contributed by atoms with van der Waals surface area (Å²) >= 11 is 0. The molecule has 78 valence electrons. The number of carboxylic acids is 1. The Morgan fingerprint density at radius 2 is 1.77 bits per heavy atom. The van der Waals surface area contributed by atoms with Crippen LogP contribution in [0.3, 0.4) is 0 Å². The Morgan fingerprint density at radius 3 is 2.00 bits per heavy atom. The van der Waals surface area contributed by atoms with E-state index in [-0.39, 0.29) is 6.04 Å². The second kappa shape index (κ2) is 4.07. The molecule has 0 aromatic rings. The normalized spacial score (nSPS) is 17.2. The first-order valence-electron chi connectivity index (χ1n) is 4.35. The Labute approximate surface area is 79.2 Å². The highest BCUT2D eigenvalue weighted by molar-refractivity contribution is 5.77. The van der Waals surface area contributed by atoms with Crippen LogP contribution in [0.15, 0.2) is 0 Å². The summed E-state index contributed by atoms with van der Waals surface area (Å²) < 4.78 is 0. The number of hydrogen-bond donors (Lipinski definition) is 2. The molecule has 2 unspecified atom stereocenters. The van der Waals surface area contributed by atoms with Crippen molar-refractivity contribution in [2.75, 3.05) is 7.05 Å². The van der Waals surface area contributed by atoms with Gasteiger partial charge in [0.05, 0.1) is 6.10 Å². The zero-order chi connectivity index (χ0) is 10.8. The van der Waals surface area contributed by atoms with Crippen molar-refractivity contribution in [3.8, 4) is 0 Å². The van der Waals surface area contributed by atoms with Gasteiger partial charge in [0.15, 0.2) is 0 Å². The van der Waals surface area contributed by atoms with Crippen molar-refractivity contribution in [3.63, 3.8) is 0 Å². The summed E-state index contributed by atoms with van der Waals surface area (Å²) in [5.74, 6) is -0.887. The van der Waals surface area contributed by atoms with Crippen molar-refractivity contribution in [1.82, 2.24) is 4.90 Å². The van der Waals surface area contributed by atoms with Crippen LogP contribution in [0.5, 0.6) is 0 Å². The molecule has 0 aliphatic heterocycles. The third-order valence-corrected chi connectivity index (χ3v) is 2.71. The fraction of sp³-hybridized carbons (Fsp3) is 0.889. The molecule has 0 saturated carbocycles. The van der Waals surface area contributed by atoms with E-state index in [0.29, 0.717) is 0 Å². The Hall–Kier alpha value is -0.610. The van der Waals surface area contributed by atoms with Crippen molar-refractivity contribution in [3.05, 3.63) is 0 Å². The fourth-order valence-corrected chi connectivity index (χ4v) is 0.984. The summed E-state index contributed by atoms with van der Waals surface area (Å²) in [5.41, 5.74) is -0.948. The van der Waals surface area contributed by atoms with Crippen LogP contribution >= 0.6 is 0 Å². The predicted molar refractivity (Wildman–Crippen MR) is 50.6 cm³/mol. The molecule has 0 fully saturated rings. The molecule has 0 rings (SSSR count). The molecular formula is C9H19NO3. The summed E-state index contributed by atoms with van der Waals surface area (Å²) in [6, 6.07) is -0.175. The summed E-state index contributed by atoms with van der Waals surface area (Å²) in [6.45, 7) is 6.69. The molecule has 4 nitrogen and oxygen atoms in total. The Kier molecular flexibility index (Phi) is 3.88. The molecule has 0 saturated heterocycles. The lowest BCUT2D eigenvalue weighted by Crippen LogP contribution is -2.54. The minimum absolute atomic E-state index is 0.175. The number of aliphatic carboxylic acids is 1. The molecule has 4 heteroatoms. The Bertz CT molecular complexity index is 189. The first kappa shape index (κ1) is 12.4. The number of aliphatic hydroxyl groups is 1. The van der Waals surface area contributed by atoms with E-state index >= 15 is 0 Å². The van der Waals surface area contributed by atoms with Crippen LogP contribution in [0.2, 0.25) is 0 Å². The lowest BCUT2D eigenvalue weighted by Gasteiger charge is -2.37. The Morgan fingerprint density at radius 1 is 1.38 bits per heavy atom. The first-order valence-corrected chi connectivity index (χ1v) is 4.35. The number of likely N-dealkylation sites (N-methyl/N-ethyl adjacent to an activating group) is 1. The monoisotopic (exact) mass is 189 g/mol. The van der Waals surface area contributed by atoms with Gasteiger partial charge in [-0.15, -0.1) is 0 Å². The van der Waals surface area contributed by atoms with E-state index in [9.17, 15) is 9.90 Å². The van der Waals surface area contributed by atoms with Crippen LogP contribution in [-0.4, -0.2) is 45.8 Å². The number of aliphatic hydroxyl groups excluding tert-OH is 1. The third-order valence-electron chi connectivity index (χ3n) is 2.71. The molecule has 0 aliphatic carbocycles. The van der Waals surface area contributed by atoms with E-state index in [1.54, 1.807) is 39.6 Å². The van der Waals surface area contributed by atoms with Gasteiger partial charge in [0.1, 0.15) is 5.54 Å². The summed E-state index contributed by atoms with van der Waals surface area (Å²) in [5, 5.41) is 18.2. The average Bonchev–Trinajstić information content (AvgIpc) is 2.01. The second-order valence-corrected chi connectivity index (χ2v) is 3.96. The highest BCUT2D eigenvalue weighted by Gasteiger charge is 2.35. The van der Waals surface area contributed by atoms with Gasteiger partial charge in [0.2, 0.25) is 0 Å². The predicted octanol–water partition coefficient (Wildman–Crippen LogP) is 0.551. The molecule has 2 atom stereocenters. The maximum absolute atomic E-state index is 10.9. The largest absolute Gasteiger partial charge is 0.480 e. The van der Waals surface area contributed by atoms with Crippen LogP contribution < -0.4 is 0 Å². The molecule has 0 aliphatic rings. The molecule has 0 amide bonds. The molecule has 2 N–H and O–H groups in total. The minimum Gasteiger partial charge on any atom is -0.480 e. The van der Waals surface area contributed by atoms with Crippen LogP contribution in [0, 0.1) is 0 Å². The minimum atomic E-state index is -0.948. The molecule has 0 aromatic heterocycles. The van der Waals surface area contributed by atoms with Gasteiger partial charge in [0, 0.05) is 6.04 Å². The number of carbonyl (C=O) groups is 1. The highest BCUT2D eigenvalue weighted by Crippen LogP contribution is 2.17. The van der Waals surface area contributed by atoms with E-state index in [0.717, 1.165) is 0 Å². The van der Waals surface area contributed by atoms with Crippen molar-refractivity contribution in [1.29, 1.82) is 0 Å². The van der Waals surface area contributed by atoms with Gasteiger partial charge in [-0.3, -0.25) is 9.69 Å². The van der Waals surface area contributed by atoms with Crippen LogP contribution in [-0.2, 0) is 4.79 Å². The van der Waals surface area contributed by atoms with Gasteiger partial charge in [-0.25, -0.2) is 0 Å². The zero-order valence-corrected chi connectivity index (χ0v) is 8.90. The van der Waals surface area contributed by atoms with E-state index in [2.05, 4.69) is 0 Å². The summed E-state index contributed by atoms with van der Waals surface area (Å²) in [7, 11) is 1.70. The molecule has 0 bridgehead atoms. The highest BCUT2D eigenvalue weighted by atomic mass is 16.4. The number of nitrogens with zero attached hydrogens (tertiary/aromatic N) is 1. The maximum Gasteiger partial charge on any atom is 0.323 e. The van der Waals surface area contributed by atoms with Crippen molar-refractivity contribution in [2.24, 2.45) is 0 Å². The van der Waals surface area contributed by atoms with E-state index in [1.165, 1.54) is 0 Å². The lowest BCUT2D eigenvalue weighted by molar-refractivity contribution is -0.150. The molecular weight excluding hydrogens is 170 g/mol. The van der Waals surface area contributed by atoms with Gasteiger partial charge >= 0.3 is 5.97 Å². The zero-order valence-electron chi connectivity index (χ0n) is 8.90. The molecule has 13 heavy (non-hydrogen) atoms. The SMILES string of the molecule is CC(O)C(C)N(C)C(C)(C)C(=O)O. The van der Waals surface area contributed by atoms with Gasteiger partial charge in [0.25, 0.3) is 0 Å². The fourth-order valence-electron chi connectivity index (χ4n) is 0.984. The lowest BCUT2D eigenvalue weighted by atomic mass is 10.0. The molecule has 0 heterocycles. The molecule has 0 aromatic carbocycles. The number of carboxylic acid groups (broad SMARTS) is 1. The Balaban J connectivity index is 4.58. The van der Waals surface area contributed by atoms with Crippen LogP contribution in [0.25, 0.3) is 0 Å². The van der Waals surface area contributed by atoms with E-state index in [4.69, 9.17) is 5.11 Å². The quantitative estimate of drug-likeness (QED) is 0.678. The smallest absolute Gasteiger partial charge is 0.323 e. The van der Waals surface area contributed by atoms with Crippen LogP contribution in [0.1, 0.15) is 27.7 Å². The third kappa shape index (κ3) is 2.67. The molecule has 0 radical (unpaired) electrons. The topological polar surface area (TPSA) is 60.8 Å².